The minimum Gasteiger partial charge on any atom is -0.410 e. The Bertz CT molecular complexity index is 537. The first kappa shape index (κ1) is 18.7. The summed E-state index contributed by atoms with van der Waals surface area (Å²) in [5.74, 6) is 0.793. The lowest BCUT2D eigenvalue weighted by Crippen LogP contribution is -2.47. The molecule has 0 amide bonds. The molecule has 3 aliphatic rings. The molecule has 1 nitrogen and oxygen atoms in total. The van der Waals surface area contributed by atoms with Crippen LogP contribution in [0.1, 0.15) is 86.5 Å². The molecule has 3 aliphatic carbocycles. The normalized spacial score (nSPS) is 36.5. The van der Waals surface area contributed by atoms with Gasteiger partial charge in [0.2, 0.25) is 0 Å². The van der Waals surface area contributed by atoms with Crippen LogP contribution in [0, 0.1) is 16.7 Å². The number of allylic oxidation sites excluding steroid dienone is 1. The smallest absolute Gasteiger partial charge is 0.192 e. The molecule has 0 radical (unpaired) electrons. The fraction of sp³-hybridized carbons (Fsp3) is 0.909. The fourth-order valence-corrected chi connectivity index (χ4v) is 6.80. The summed E-state index contributed by atoms with van der Waals surface area (Å²) < 4.78 is 7.07. The summed E-state index contributed by atoms with van der Waals surface area (Å²) in [6.45, 7) is 19.5. The van der Waals surface area contributed by atoms with E-state index in [4.69, 9.17) is 4.43 Å². The third-order valence-electron chi connectivity index (χ3n) is 7.75. The summed E-state index contributed by atoms with van der Waals surface area (Å²) in [4.78, 5) is 0. The largest absolute Gasteiger partial charge is 0.410 e. The van der Waals surface area contributed by atoms with Gasteiger partial charge >= 0.3 is 0 Å². The molecule has 0 unspecified atom stereocenters. The molecule has 2 fully saturated rings. The van der Waals surface area contributed by atoms with Gasteiger partial charge in [-0.2, -0.15) is 0 Å². The first-order valence-corrected chi connectivity index (χ1v) is 13.2. The molecule has 0 saturated heterocycles. The van der Waals surface area contributed by atoms with Crippen molar-refractivity contribution in [2.45, 2.75) is 111 Å². The third-order valence-corrected chi connectivity index (χ3v) is 12.2. The average Bonchev–Trinajstić information content (AvgIpc) is 2.66. The Balaban J connectivity index is 1.98. The lowest BCUT2D eigenvalue weighted by atomic mass is 9.68. The zero-order valence-corrected chi connectivity index (χ0v) is 18.5. The van der Waals surface area contributed by atoms with Crippen molar-refractivity contribution in [3.8, 4) is 0 Å². The van der Waals surface area contributed by atoms with Gasteiger partial charge in [0.05, 0.1) is 6.10 Å². The molecular formula is C22H40OSi. The van der Waals surface area contributed by atoms with Crippen LogP contribution in [0.15, 0.2) is 11.1 Å². The van der Waals surface area contributed by atoms with Crippen molar-refractivity contribution >= 4 is 8.32 Å². The minimum absolute atomic E-state index is 0.295. The highest BCUT2D eigenvalue weighted by Gasteiger charge is 2.52. The second kappa shape index (κ2) is 5.71. The molecule has 3 rings (SSSR count). The molecule has 0 aromatic carbocycles. The predicted molar refractivity (Wildman–Crippen MR) is 107 cm³/mol. The zero-order valence-electron chi connectivity index (χ0n) is 17.5. The van der Waals surface area contributed by atoms with Crippen LogP contribution < -0.4 is 0 Å². The maximum atomic E-state index is 7.07. The van der Waals surface area contributed by atoms with Gasteiger partial charge in [0.15, 0.2) is 8.32 Å². The van der Waals surface area contributed by atoms with E-state index in [2.05, 4.69) is 54.6 Å². The van der Waals surface area contributed by atoms with Crippen molar-refractivity contribution in [1.82, 2.24) is 0 Å². The van der Waals surface area contributed by atoms with Crippen molar-refractivity contribution in [3.63, 3.8) is 0 Å². The van der Waals surface area contributed by atoms with Crippen molar-refractivity contribution in [1.29, 1.82) is 0 Å². The van der Waals surface area contributed by atoms with E-state index in [-0.39, 0.29) is 0 Å². The van der Waals surface area contributed by atoms with Crippen LogP contribution in [0.4, 0.5) is 0 Å². The summed E-state index contributed by atoms with van der Waals surface area (Å²) in [5, 5.41) is 0.295. The van der Waals surface area contributed by atoms with Crippen LogP contribution in [-0.2, 0) is 4.43 Å². The maximum Gasteiger partial charge on any atom is 0.192 e. The monoisotopic (exact) mass is 348 g/mol. The lowest BCUT2D eigenvalue weighted by molar-refractivity contribution is 0.0897. The minimum atomic E-state index is -1.73. The molecule has 138 valence electrons. The van der Waals surface area contributed by atoms with Crippen LogP contribution in [0.2, 0.25) is 18.1 Å². The number of hydrogen-bond donors (Lipinski definition) is 0. The van der Waals surface area contributed by atoms with E-state index in [9.17, 15) is 0 Å². The molecule has 0 N–H and O–H groups in total. The number of rotatable bonds is 2. The Kier molecular flexibility index (Phi) is 4.45. The second-order valence-corrected chi connectivity index (χ2v) is 16.3. The standard InChI is InChI=1S/C22H40OSi/c1-20(2,3)24(7,8)23-18-15-21(4,5)13-16-14-22(6)12-10-9-11-17(22)19(16)18/h16,18H,9-15H2,1-8H3/t16-,18+,22-/m1/s1. The third kappa shape index (κ3) is 3.18. The van der Waals surface area contributed by atoms with Gasteiger partial charge in [-0.25, -0.2) is 0 Å². The highest BCUT2D eigenvalue weighted by atomic mass is 28.4. The molecule has 0 bridgehead atoms. The van der Waals surface area contributed by atoms with E-state index in [0.29, 0.717) is 22.0 Å². The SMILES string of the molecule is CC1(C)C[C@@H]2C[C@@]3(C)CCCCC3=C2[C@@H](O[Si](C)(C)C(C)(C)C)C1. The Morgan fingerprint density at radius 2 is 1.67 bits per heavy atom. The summed E-state index contributed by atoms with van der Waals surface area (Å²) in [6, 6.07) is 0. The number of fused-ring (bicyclic) bond motifs is 2. The van der Waals surface area contributed by atoms with Gasteiger partial charge in [0.1, 0.15) is 0 Å². The molecule has 2 saturated carbocycles. The van der Waals surface area contributed by atoms with Crippen molar-refractivity contribution in [2.24, 2.45) is 16.7 Å². The van der Waals surface area contributed by atoms with E-state index in [1.165, 1.54) is 44.9 Å². The van der Waals surface area contributed by atoms with E-state index in [0.717, 1.165) is 5.92 Å². The average molecular weight is 349 g/mol. The summed E-state index contributed by atoms with van der Waals surface area (Å²) in [6.07, 6.45) is 9.99. The van der Waals surface area contributed by atoms with Crippen LogP contribution in [-0.4, -0.2) is 14.4 Å². The molecule has 0 heterocycles. The fourth-order valence-electron chi connectivity index (χ4n) is 5.53. The Morgan fingerprint density at radius 3 is 2.29 bits per heavy atom. The highest BCUT2D eigenvalue weighted by Crippen LogP contribution is 2.60. The lowest BCUT2D eigenvalue weighted by Gasteiger charge is -2.46. The molecular weight excluding hydrogens is 308 g/mol. The molecule has 0 aromatic rings. The Morgan fingerprint density at radius 1 is 1.00 bits per heavy atom. The van der Waals surface area contributed by atoms with Gasteiger partial charge in [-0.15, -0.1) is 0 Å². The highest BCUT2D eigenvalue weighted by molar-refractivity contribution is 6.74. The molecule has 0 spiro atoms. The van der Waals surface area contributed by atoms with Crippen molar-refractivity contribution in [3.05, 3.63) is 11.1 Å². The van der Waals surface area contributed by atoms with E-state index >= 15 is 0 Å². The zero-order chi connectivity index (χ0) is 18.0. The first-order valence-electron chi connectivity index (χ1n) is 10.3. The van der Waals surface area contributed by atoms with Crippen LogP contribution >= 0.6 is 0 Å². The van der Waals surface area contributed by atoms with E-state index in [1.807, 2.05) is 5.57 Å². The number of hydrogen-bond acceptors (Lipinski definition) is 1. The van der Waals surface area contributed by atoms with Gasteiger partial charge in [0.25, 0.3) is 0 Å². The van der Waals surface area contributed by atoms with Gasteiger partial charge in [0, 0.05) is 0 Å². The molecule has 24 heavy (non-hydrogen) atoms. The van der Waals surface area contributed by atoms with Crippen LogP contribution in [0.3, 0.4) is 0 Å². The Labute approximate surface area is 151 Å². The molecule has 0 aromatic heterocycles. The molecule has 2 heteroatoms. The Hall–Kier alpha value is -0.0831. The quantitative estimate of drug-likeness (QED) is 0.382. The van der Waals surface area contributed by atoms with Crippen LogP contribution in [0.25, 0.3) is 0 Å². The van der Waals surface area contributed by atoms with E-state index in [1.54, 1.807) is 5.57 Å². The van der Waals surface area contributed by atoms with Gasteiger partial charge in [-0.1, -0.05) is 53.5 Å². The topological polar surface area (TPSA) is 9.23 Å². The van der Waals surface area contributed by atoms with Crippen molar-refractivity contribution < 1.29 is 4.43 Å². The van der Waals surface area contributed by atoms with Crippen molar-refractivity contribution in [2.75, 3.05) is 0 Å². The first-order chi connectivity index (χ1) is 10.8. The maximum absolute atomic E-state index is 7.07. The predicted octanol–water partition coefficient (Wildman–Crippen LogP) is 7.09. The summed E-state index contributed by atoms with van der Waals surface area (Å²) >= 11 is 0. The van der Waals surface area contributed by atoms with Gasteiger partial charge in [-0.3, -0.25) is 0 Å². The van der Waals surface area contributed by atoms with Crippen LogP contribution in [0.5, 0.6) is 0 Å². The molecule has 0 aliphatic heterocycles. The van der Waals surface area contributed by atoms with Gasteiger partial charge in [-0.05, 0) is 79.0 Å². The summed E-state index contributed by atoms with van der Waals surface area (Å²) in [5.41, 5.74) is 4.53. The van der Waals surface area contributed by atoms with E-state index < -0.39 is 8.32 Å². The molecule has 3 atom stereocenters. The second-order valence-electron chi connectivity index (χ2n) is 11.5. The van der Waals surface area contributed by atoms with Gasteiger partial charge < -0.3 is 4.43 Å². The summed E-state index contributed by atoms with van der Waals surface area (Å²) in [7, 11) is -1.73.